The lowest BCUT2D eigenvalue weighted by atomic mass is 10.1. The highest BCUT2D eigenvalue weighted by molar-refractivity contribution is 6.29. The molecule has 4 heteroatoms. The van der Waals surface area contributed by atoms with Crippen molar-refractivity contribution in [1.82, 2.24) is 15.2 Å². The smallest absolute Gasteiger partial charge is 0.157 e. The van der Waals surface area contributed by atoms with Gasteiger partial charge in [0.25, 0.3) is 0 Å². The van der Waals surface area contributed by atoms with Crippen molar-refractivity contribution in [3.05, 3.63) is 47.6 Å². The summed E-state index contributed by atoms with van der Waals surface area (Å²) in [6.07, 6.45) is 0. The molecule has 0 amide bonds. The molecule has 0 fully saturated rings. The Balaban J connectivity index is 2.26. The summed E-state index contributed by atoms with van der Waals surface area (Å²) in [4.78, 5) is 4.17. The van der Waals surface area contributed by atoms with Gasteiger partial charge in [0.15, 0.2) is 5.65 Å². The molecule has 0 aliphatic heterocycles. The SMILES string of the molecule is Clc1ccc2c(-c3ccccc3)n[nH]c2n1. The first-order valence-corrected chi connectivity index (χ1v) is 5.28. The van der Waals surface area contributed by atoms with E-state index in [0.717, 1.165) is 16.6 Å². The van der Waals surface area contributed by atoms with Crippen LogP contribution in [0.25, 0.3) is 22.3 Å². The molecule has 78 valence electrons. The van der Waals surface area contributed by atoms with Crippen molar-refractivity contribution in [3.8, 4) is 11.3 Å². The Kier molecular flexibility index (Phi) is 2.11. The van der Waals surface area contributed by atoms with Crippen LogP contribution < -0.4 is 0 Å². The van der Waals surface area contributed by atoms with E-state index in [2.05, 4.69) is 15.2 Å². The highest BCUT2D eigenvalue weighted by Gasteiger charge is 2.08. The molecule has 0 spiro atoms. The summed E-state index contributed by atoms with van der Waals surface area (Å²) in [5.41, 5.74) is 2.68. The molecule has 1 aromatic carbocycles. The van der Waals surface area contributed by atoms with Crippen molar-refractivity contribution in [2.24, 2.45) is 0 Å². The first kappa shape index (κ1) is 9.36. The van der Waals surface area contributed by atoms with Gasteiger partial charge in [0.05, 0.1) is 0 Å². The number of aromatic nitrogens is 3. The highest BCUT2D eigenvalue weighted by atomic mass is 35.5. The molecule has 2 aromatic heterocycles. The van der Waals surface area contributed by atoms with Gasteiger partial charge >= 0.3 is 0 Å². The minimum absolute atomic E-state index is 0.468. The van der Waals surface area contributed by atoms with E-state index in [0.29, 0.717) is 10.8 Å². The lowest BCUT2D eigenvalue weighted by Crippen LogP contribution is -1.78. The first-order valence-electron chi connectivity index (χ1n) is 4.90. The molecule has 0 radical (unpaired) electrons. The molecule has 3 aromatic rings. The Morgan fingerprint density at radius 3 is 2.62 bits per heavy atom. The van der Waals surface area contributed by atoms with Crippen LogP contribution in [-0.2, 0) is 0 Å². The Bertz CT molecular complexity index is 631. The molecular weight excluding hydrogens is 222 g/mol. The van der Waals surface area contributed by atoms with Crippen LogP contribution in [0.3, 0.4) is 0 Å². The minimum atomic E-state index is 0.468. The van der Waals surface area contributed by atoms with E-state index in [1.807, 2.05) is 36.4 Å². The van der Waals surface area contributed by atoms with Gasteiger partial charge in [0.2, 0.25) is 0 Å². The number of pyridine rings is 1. The van der Waals surface area contributed by atoms with Crippen LogP contribution in [0.4, 0.5) is 0 Å². The second kappa shape index (κ2) is 3.61. The average molecular weight is 230 g/mol. The molecule has 3 nitrogen and oxygen atoms in total. The van der Waals surface area contributed by atoms with Crippen LogP contribution in [-0.4, -0.2) is 15.2 Å². The summed E-state index contributed by atoms with van der Waals surface area (Å²) in [5, 5.41) is 8.59. The van der Waals surface area contributed by atoms with Crippen molar-refractivity contribution < 1.29 is 0 Å². The molecule has 2 heterocycles. The summed E-state index contributed by atoms with van der Waals surface area (Å²) >= 11 is 5.82. The number of halogens is 1. The van der Waals surface area contributed by atoms with E-state index in [1.54, 1.807) is 6.07 Å². The van der Waals surface area contributed by atoms with Crippen LogP contribution in [0.15, 0.2) is 42.5 Å². The normalized spacial score (nSPS) is 10.8. The van der Waals surface area contributed by atoms with Crippen LogP contribution in [0.2, 0.25) is 5.15 Å². The van der Waals surface area contributed by atoms with Gasteiger partial charge in [-0.1, -0.05) is 41.9 Å². The van der Waals surface area contributed by atoms with E-state index in [-0.39, 0.29) is 0 Å². The van der Waals surface area contributed by atoms with Crippen molar-refractivity contribution in [2.45, 2.75) is 0 Å². The van der Waals surface area contributed by atoms with Gasteiger partial charge in [-0.3, -0.25) is 5.10 Å². The second-order valence-corrected chi connectivity index (χ2v) is 3.86. The maximum atomic E-state index is 5.82. The van der Waals surface area contributed by atoms with Crippen molar-refractivity contribution >= 4 is 22.6 Å². The summed E-state index contributed by atoms with van der Waals surface area (Å²) < 4.78 is 0. The van der Waals surface area contributed by atoms with Gasteiger partial charge in [0.1, 0.15) is 10.8 Å². The number of nitrogens with zero attached hydrogens (tertiary/aromatic N) is 2. The zero-order valence-corrected chi connectivity index (χ0v) is 9.07. The van der Waals surface area contributed by atoms with Gasteiger partial charge in [-0.05, 0) is 12.1 Å². The molecule has 0 atom stereocenters. The number of benzene rings is 1. The summed E-state index contributed by atoms with van der Waals surface area (Å²) in [6.45, 7) is 0. The molecule has 0 saturated heterocycles. The van der Waals surface area contributed by atoms with Crippen LogP contribution in [0.1, 0.15) is 0 Å². The second-order valence-electron chi connectivity index (χ2n) is 3.47. The van der Waals surface area contributed by atoms with E-state index < -0.39 is 0 Å². The van der Waals surface area contributed by atoms with E-state index in [4.69, 9.17) is 11.6 Å². The Labute approximate surface area is 97.1 Å². The molecule has 0 bridgehead atoms. The maximum absolute atomic E-state index is 5.82. The summed E-state index contributed by atoms with van der Waals surface area (Å²) in [5.74, 6) is 0. The predicted octanol–water partition coefficient (Wildman–Crippen LogP) is 3.28. The molecule has 0 aliphatic rings. The third-order valence-corrected chi connectivity index (χ3v) is 2.65. The third kappa shape index (κ3) is 1.46. The number of fused-ring (bicyclic) bond motifs is 1. The minimum Gasteiger partial charge on any atom is -0.260 e. The van der Waals surface area contributed by atoms with Gasteiger partial charge in [-0.25, -0.2) is 4.98 Å². The monoisotopic (exact) mass is 229 g/mol. The fraction of sp³-hybridized carbons (Fsp3) is 0. The first-order chi connectivity index (χ1) is 7.84. The number of nitrogens with one attached hydrogen (secondary N) is 1. The lowest BCUT2D eigenvalue weighted by molar-refractivity contribution is 1.10. The molecule has 3 rings (SSSR count). The van der Waals surface area contributed by atoms with E-state index in [9.17, 15) is 0 Å². The standard InChI is InChI=1S/C12H8ClN3/c13-10-7-6-9-11(15-16-12(9)14-10)8-4-2-1-3-5-8/h1-7H,(H,14,15,16). The molecular formula is C12H8ClN3. The molecule has 0 unspecified atom stereocenters. The molecule has 16 heavy (non-hydrogen) atoms. The average Bonchev–Trinajstić information content (AvgIpc) is 2.73. The number of H-pyrrole nitrogens is 1. The fourth-order valence-electron chi connectivity index (χ4n) is 1.70. The van der Waals surface area contributed by atoms with Crippen molar-refractivity contribution in [3.63, 3.8) is 0 Å². The van der Waals surface area contributed by atoms with Gasteiger partial charge < -0.3 is 0 Å². The topological polar surface area (TPSA) is 41.6 Å². The van der Waals surface area contributed by atoms with E-state index >= 15 is 0 Å². The van der Waals surface area contributed by atoms with Crippen molar-refractivity contribution in [2.75, 3.05) is 0 Å². The number of aromatic amines is 1. The van der Waals surface area contributed by atoms with Crippen LogP contribution in [0, 0.1) is 0 Å². The van der Waals surface area contributed by atoms with Crippen molar-refractivity contribution in [1.29, 1.82) is 0 Å². The van der Waals surface area contributed by atoms with Crippen LogP contribution >= 0.6 is 11.6 Å². The lowest BCUT2D eigenvalue weighted by Gasteiger charge is -1.96. The quantitative estimate of drug-likeness (QED) is 0.651. The summed E-state index contributed by atoms with van der Waals surface area (Å²) in [7, 11) is 0. The zero-order chi connectivity index (χ0) is 11.0. The Morgan fingerprint density at radius 1 is 1.00 bits per heavy atom. The maximum Gasteiger partial charge on any atom is 0.157 e. The number of hydrogen-bond acceptors (Lipinski definition) is 2. The zero-order valence-electron chi connectivity index (χ0n) is 8.31. The molecule has 0 aliphatic carbocycles. The van der Waals surface area contributed by atoms with Crippen LogP contribution in [0.5, 0.6) is 0 Å². The van der Waals surface area contributed by atoms with Gasteiger partial charge in [-0.2, -0.15) is 5.10 Å². The number of hydrogen-bond donors (Lipinski definition) is 1. The molecule has 1 N–H and O–H groups in total. The summed E-state index contributed by atoms with van der Waals surface area (Å²) in [6, 6.07) is 13.7. The largest absolute Gasteiger partial charge is 0.260 e. The Hall–Kier alpha value is -1.87. The predicted molar refractivity (Wildman–Crippen MR) is 64.3 cm³/mol. The molecule has 0 saturated carbocycles. The Morgan fingerprint density at radius 2 is 1.81 bits per heavy atom. The fourth-order valence-corrected chi connectivity index (χ4v) is 1.84. The van der Waals surface area contributed by atoms with Gasteiger partial charge in [0, 0.05) is 10.9 Å². The van der Waals surface area contributed by atoms with Gasteiger partial charge in [-0.15, -0.1) is 0 Å². The number of rotatable bonds is 1. The van der Waals surface area contributed by atoms with E-state index in [1.165, 1.54) is 0 Å². The third-order valence-electron chi connectivity index (χ3n) is 2.44. The highest BCUT2D eigenvalue weighted by Crippen LogP contribution is 2.25.